The second kappa shape index (κ2) is 11.2. The maximum atomic E-state index is 12.4. The molecule has 33 heavy (non-hydrogen) atoms. The fourth-order valence-electron chi connectivity index (χ4n) is 2.75. The van der Waals surface area contributed by atoms with Gasteiger partial charge in [-0.3, -0.25) is 9.59 Å². The van der Waals surface area contributed by atoms with Crippen LogP contribution in [0.3, 0.4) is 0 Å². The van der Waals surface area contributed by atoms with Gasteiger partial charge >= 0.3 is 5.97 Å². The van der Waals surface area contributed by atoms with E-state index in [9.17, 15) is 14.4 Å². The van der Waals surface area contributed by atoms with E-state index in [1.165, 1.54) is 19.2 Å². The molecule has 172 valence electrons. The molecule has 0 unspecified atom stereocenters. The van der Waals surface area contributed by atoms with E-state index < -0.39 is 5.97 Å². The molecule has 0 saturated heterocycles. The van der Waals surface area contributed by atoms with Gasteiger partial charge in [-0.2, -0.15) is 0 Å². The van der Waals surface area contributed by atoms with Crippen molar-refractivity contribution in [2.45, 2.75) is 11.7 Å². The fraction of sp³-hybridized carbons (Fsp3) is 0.190. The summed E-state index contributed by atoms with van der Waals surface area (Å²) in [4.78, 5) is 36.6. The van der Waals surface area contributed by atoms with Crippen molar-refractivity contribution >= 4 is 58.4 Å². The molecule has 0 atom stereocenters. The molecule has 12 heteroatoms. The highest BCUT2D eigenvalue weighted by Crippen LogP contribution is 2.22. The third-order valence-corrected chi connectivity index (χ3v) is 6.01. The van der Waals surface area contributed by atoms with Gasteiger partial charge in [0.05, 0.1) is 41.2 Å². The number of ether oxygens (including phenoxy) is 1. The zero-order valence-electron chi connectivity index (χ0n) is 17.6. The molecule has 2 amide bonds. The summed E-state index contributed by atoms with van der Waals surface area (Å²) in [5, 5.41) is 14.7. The minimum absolute atomic E-state index is 0.0359. The lowest BCUT2D eigenvalue weighted by atomic mass is 10.2. The predicted octanol–water partition coefficient (Wildman–Crippen LogP) is 3.57. The molecule has 0 saturated carbocycles. The Bertz CT molecular complexity index is 1200. The normalized spacial score (nSPS) is 10.5. The summed E-state index contributed by atoms with van der Waals surface area (Å²) in [7, 11) is 3.00. The van der Waals surface area contributed by atoms with Crippen LogP contribution in [-0.4, -0.2) is 45.4 Å². The summed E-state index contributed by atoms with van der Waals surface area (Å²) in [5.74, 6) is -0.719. The number of carbonyl (C=O) groups is 3. The van der Waals surface area contributed by atoms with Crippen LogP contribution in [0.25, 0.3) is 0 Å². The lowest BCUT2D eigenvalue weighted by molar-refractivity contribution is -0.113. The quantitative estimate of drug-likeness (QED) is 0.353. The Morgan fingerprint density at radius 2 is 1.85 bits per heavy atom. The number of benzene rings is 2. The zero-order chi connectivity index (χ0) is 24.0. The van der Waals surface area contributed by atoms with Crippen molar-refractivity contribution < 1.29 is 19.1 Å². The van der Waals surface area contributed by atoms with Crippen molar-refractivity contribution in [3.8, 4) is 0 Å². The van der Waals surface area contributed by atoms with Gasteiger partial charge < -0.3 is 19.9 Å². The molecular weight excluding hydrogens is 489 g/mol. The van der Waals surface area contributed by atoms with Gasteiger partial charge in [-0.25, -0.2) is 4.79 Å². The number of anilines is 1. The maximum Gasteiger partial charge on any atom is 0.339 e. The molecule has 0 aliphatic carbocycles. The largest absolute Gasteiger partial charge is 0.465 e. The number of nitrogens with one attached hydrogen (secondary N) is 2. The van der Waals surface area contributed by atoms with Gasteiger partial charge in [0.15, 0.2) is 11.0 Å². The molecule has 0 fully saturated rings. The molecular formula is C21H19Cl2N5O4S. The highest BCUT2D eigenvalue weighted by Gasteiger charge is 2.16. The van der Waals surface area contributed by atoms with E-state index in [0.29, 0.717) is 27.3 Å². The Balaban J connectivity index is 1.56. The molecule has 2 aromatic carbocycles. The molecule has 3 aromatic rings. The number of esters is 1. The summed E-state index contributed by atoms with van der Waals surface area (Å²) >= 11 is 13.1. The first kappa shape index (κ1) is 24.6. The van der Waals surface area contributed by atoms with E-state index in [4.69, 9.17) is 27.9 Å². The summed E-state index contributed by atoms with van der Waals surface area (Å²) < 4.78 is 6.40. The molecule has 3 rings (SSSR count). The monoisotopic (exact) mass is 507 g/mol. The molecule has 0 aliphatic heterocycles. The lowest BCUT2D eigenvalue weighted by Crippen LogP contribution is -2.24. The summed E-state index contributed by atoms with van der Waals surface area (Å²) in [5.41, 5.74) is 0.912. The number of thioether (sulfide) groups is 1. The highest BCUT2D eigenvalue weighted by molar-refractivity contribution is 7.99. The number of hydrogen-bond acceptors (Lipinski definition) is 7. The molecule has 0 aliphatic rings. The summed E-state index contributed by atoms with van der Waals surface area (Å²) in [6.07, 6.45) is 0. The molecule has 0 bridgehead atoms. The third-order valence-electron chi connectivity index (χ3n) is 4.45. The van der Waals surface area contributed by atoms with Crippen LogP contribution in [-0.2, 0) is 23.1 Å². The van der Waals surface area contributed by atoms with E-state index in [2.05, 4.69) is 20.8 Å². The smallest absolute Gasteiger partial charge is 0.339 e. The Labute approximate surface area is 203 Å². The van der Waals surface area contributed by atoms with Crippen LogP contribution in [0.5, 0.6) is 0 Å². The van der Waals surface area contributed by atoms with E-state index in [0.717, 1.165) is 11.8 Å². The number of rotatable bonds is 8. The van der Waals surface area contributed by atoms with Gasteiger partial charge in [0.1, 0.15) is 0 Å². The average molecular weight is 508 g/mol. The molecule has 1 aromatic heterocycles. The van der Waals surface area contributed by atoms with Crippen LogP contribution in [0.15, 0.2) is 47.6 Å². The van der Waals surface area contributed by atoms with Crippen LogP contribution in [0.4, 0.5) is 5.69 Å². The number of para-hydroxylation sites is 1. The minimum Gasteiger partial charge on any atom is -0.465 e. The van der Waals surface area contributed by atoms with Crippen molar-refractivity contribution in [2.75, 3.05) is 18.2 Å². The van der Waals surface area contributed by atoms with Crippen LogP contribution in [0.2, 0.25) is 10.0 Å². The SMILES string of the molecule is COC(=O)c1ccccc1NC(=O)CSc1nnc(CNC(=O)c2ccc(Cl)cc2Cl)n1C. The standard InChI is InChI=1S/C21H19Cl2N5O4S/c1-28-17(10-24-19(30)13-8-7-12(22)9-15(13)23)26-27-21(28)33-11-18(29)25-16-6-4-3-5-14(16)20(31)32-2/h3-9H,10-11H2,1-2H3,(H,24,30)(H,25,29). The van der Waals surface area contributed by atoms with Crippen LogP contribution in [0.1, 0.15) is 26.5 Å². The van der Waals surface area contributed by atoms with Gasteiger partial charge in [0.25, 0.3) is 5.91 Å². The Morgan fingerprint density at radius 1 is 1.09 bits per heavy atom. The molecule has 1 heterocycles. The Morgan fingerprint density at radius 3 is 2.58 bits per heavy atom. The van der Waals surface area contributed by atoms with Crippen LogP contribution >= 0.6 is 35.0 Å². The molecule has 0 spiro atoms. The zero-order valence-corrected chi connectivity index (χ0v) is 19.9. The van der Waals surface area contributed by atoms with Crippen LogP contribution < -0.4 is 10.6 Å². The number of nitrogens with zero attached hydrogens (tertiary/aromatic N) is 3. The van der Waals surface area contributed by atoms with E-state index in [1.807, 2.05) is 0 Å². The average Bonchev–Trinajstić information content (AvgIpc) is 3.15. The number of hydrogen-bond donors (Lipinski definition) is 2. The number of amides is 2. The van der Waals surface area contributed by atoms with Crippen molar-refractivity contribution in [3.05, 3.63) is 69.5 Å². The van der Waals surface area contributed by atoms with Gasteiger partial charge in [0, 0.05) is 12.1 Å². The Hall–Kier alpha value is -3.08. The number of halogens is 2. The molecule has 0 radical (unpaired) electrons. The van der Waals surface area contributed by atoms with E-state index in [-0.39, 0.29) is 34.7 Å². The Kier molecular flexibility index (Phi) is 8.32. The van der Waals surface area contributed by atoms with Gasteiger partial charge in [-0.05, 0) is 30.3 Å². The fourth-order valence-corrected chi connectivity index (χ4v) is 3.97. The maximum absolute atomic E-state index is 12.4. The summed E-state index contributed by atoms with van der Waals surface area (Å²) in [6, 6.07) is 11.2. The predicted molar refractivity (Wildman–Crippen MR) is 126 cm³/mol. The van der Waals surface area contributed by atoms with Crippen molar-refractivity contribution in [1.82, 2.24) is 20.1 Å². The number of methoxy groups -OCH3 is 1. The molecule has 2 N–H and O–H groups in total. The van der Waals surface area contributed by atoms with Gasteiger partial charge in [-0.1, -0.05) is 47.1 Å². The lowest BCUT2D eigenvalue weighted by Gasteiger charge is -2.09. The summed E-state index contributed by atoms with van der Waals surface area (Å²) in [6.45, 7) is 0.112. The van der Waals surface area contributed by atoms with E-state index >= 15 is 0 Å². The van der Waals surface area contributed by atoms with E-state index in [1.54, 1.807) is 41.9 Å². The first-order chi connectivity index (χ1) is 15.8. The van der Waals surface area contributed by atoms with Crippen molar-refractivity contribution in [2.24, 2.45) is 7.05 Å². The first-order valence-electron chi connectivity index (χ1n) is 9.51. The first-order valence-corrected chi connectivity index (χ1v) is 11.3. The second-order valence-electron chi connectivity index (χ2n) is 6.64. The molecule has 9 nitrogen and oxygen atoms in total. The van der Waals surface area contributed by atoms with Crippen LogP contribution in [0, 0.1) is 0 Å². The van der Waals surface area contributed by atoms with Crippen molar-refractivity contribution in [1.29, 1.82) is 0 Å². The second-order valence-corrected chi connectivity index (χ2v) is 8.42. The highest BCUT2D eigenvalue weighted by atomic mass is 35.5. The van der Waals surface area contributed by atoms with Crippen molar-refractivity contribution in [3.63, 3.8) is 0 Å². The van der Waals surface area contributed by atoms with Gasteiger partial charge in [0.2, 0.25) is 5.91 Å². The third kappa shape index (κ3) is 6.25. The van der Waals surface area contributed by atoms with Gasteiger partial charge in [-0.15, -0.1) is 10.2 Å². The minimum atomic E-state index is -0.543. The number of carbonyl (C=O) groups excluding carboxylic acids is 3. The topological polar surface area (TPSA) is 115 Å². The number of aromatic nitrogens is 3.